The second kappa shape index (κ2) is 5.38. The van der Waals surface area contributed by atoms with Gasteiger partial charge in [-0.05, 0) is 24.6 Å². The molecule has 0 aliphatic carbocycles. The topological polar surface area (TPSA) is 60.2 Å². The molecule has 0 aliphatic rings. The van der Waals surface area contributed by atoms with Crippen LogP contribution in [0, 0.1) is 18.6 Å². The molecule has 0 aliphatic heterocycles. The summed E-state index contributed by atoms with van der Waals surface area (Å²) in [6.45, 7) is 1.85. The number of ether oxygens (including phenoxy) is 1. The van der Waals surface area contributed by atoms with Crippen LogP contribution in [0.25, 0.3) is 0 Å². The lowest BCUT2D eigenvalue weighted by atomic mass is 10.2. The van der Waals surface area contributed by atoms with E-state index in [4.69, 9.17) is 22.2 Å². The van der Waals surface area contributed by atoms with Gasteiger partial charge in [0.15, 0.2) is 17.5 Å². The van der Waals surface area contributed by atoms with E-state index in [0.29, 0.717) is 11.1 Å². The summed E-state index contributed by atoms with van der Waals surface area (Å²) in [5.74, 6) is 2.67. The highest BCUT2D eigenvalue weighted by atomic mass is 35.5. The molecular formula is C12H10ClF2N3O. The molecule has 0 spiro atoms. The van der Waals surface area contributed by atoms with E-state index < -0.39 is 17.5 Å². The fourth-order valence-electron chi connectivity index (χ4n) is 1.42. The third-order valence-corrected chi connectivity index (χ3v) is 2.62. The van der Waals surface area contributed by atoms with Crippen molar-refractivity contribution in [2.45, 2.75) is 6.92 Å². The Morgan fingerprint density at radius 3 is 2.63 bits per heavy atom. The maximum Gasteiger partial charge on any atom is 0.258 e. The molecule has 3 N–H and O–H groups in total. The lowest BCUT2D eigenvalue weighted by Crippen LogP contribution is -2.11. The lowest BCUT2D eigenvalue weighted by molar-refractivity contribution is 0.418. The summed E-state index contributed by atoms with van der Waals surface area (Å²) in [4.78, 5) is 3.58. The summed E-state index contributed by atoms with van der Waals surface area (Å²) in [6.07, 6.45) is 0. The number of hydrogen-bond acceptors (Lipinski definition) is 4. The summed E-state index contributed by atoms with van der Waals surface area (Å²) in [5, 5.41) is 0.299. The van der Waals surface area contributed by atoms with Crippen LogP contribution in [0.15, 0.2) is 24.3 Å². The van der Waals surface area contributed by atoms with E-state index in [9.17, 15) is 8.78 Å². The van der Waals surface area contributed by atoms with E-state index >= 15 is 0 Å². The molecular weight excluding hydrogens is 276 g/mol. The Morgan fingerprint density at radius 1 is 1.26 bits per heavy atom. The molecule has 1 aromatic carbocycles. The molecule has 0 saturated heterocycles. The minimum absolute atomic E-state index is 0.216. The van der Waals surface area contributed by atoms with Gasteiger partial charge in [-0.2, -0.15) is 4.98 Å². The Hall–Kier alpha value is -1.92. The van der Waals surface area contributed by atoms with Crippen LogP contribution >= 0.6 is 11.6 Å². The molecule has 1 aromatic heterocycles. The van der Waals surface area contributed by atoms with E-state index in [0.717, 1.165) is 5.56 Å². The van der Waals surface area contributed by atoms with Gasteiger partial charge in [0.1, 0.15) is 5.75 Å². The van der Waals surface area contributed by atoms with Crippen LogP contribution < -0.4 is 16.0 Å². The average Bonchev–Trinajstić information content (AvgIpc) is 2.35. The van der Waals surface area contributed by atoms with E-state index in [-0.39, 0.29) is 11.6 Å². The number of nitrogens with zero attached hydrogens (tertiary/aromatic N) is 1. The van der Waals surface area contributed by atoms with Gasteiger partial charge in [0.25, 0.3) is 5.88 Å². The molecule has 0 unspecified atom stereocenters. The molecule has 19 heavy (non-hydrogen) atoms. The van der Waals surface area contributed by atoms with E-state index in [2.05, 4.69) is 4.98 Å². The van der Waals surface area contributed by atoms with Gasteiger partial charge in [-0.15, -0.1) is 0 Å². The first-order valence-corrected chi connectivity index (χ1v) is 5.65. The fourth-order valence-corrected chi connectivity index (χ4v) is 1.69. The molecule has 4 nitrogen and oxygen atoms in total. The number of hydrogen-bond donors (Lipinski definition) is 2. The highest BCUT2D eigenvalue weighted by Gasteiger charge is 2.14. The van der Waals surface area contributed by atoms with Crippen molar-refractivity contribution in [1.82, 2.24) is 4.98 Å². The number of halogens is 3. The van der Waals surface area contributed by atoms with Crippen molar-refractivity contribution in [2.24, 2.45) is 5.84 Å². The molecule has 100 valence electrons. The molecule has 0 radical (unpaired) electrons. The maximum absolute atomic E-state index is 13.5. The summed E-state index contributed by atoms with van der Waals surface area (Å²) in [7, 11) is 0. The van der Waals surface area contributed by atoms with Gasteiger partial charge in [0.2, 0.25) is 0 Å². The van der Waals surface area contributed by atoms with Crippen molar-refractivity contribution >= 4 is 17.4 Å². The Kier molecular flexibility index (Phi) is 3.82. The van der Waals surface area contributed by atoms with Gasteiger partial charge in [-0.1, -0.05) is 17.7 Å². The van der Waals surface area contributed by atoms with Crippen molar-refractivity contribution < 1.29 is 13.5 Å². The molecule has 7 heteroatoms. The summed E-state index contributed by atoms with van der Waals surface area (Å²) >= 11 is 5.95. The van der Waals surface area contributed by atoms with Crippen LogP contribution in [0.1, 0.15) is 5.56 Å². The minimum Gasteiger partial charge on any atom is -0.435 e. The van der Waals surface area contributed by atoms with Crippen LogP contribution in [0.4, 0.5) is 14.6 Å². The van der Waals surface area contributed by atoms with Gasteiger partial charge in [0.05, 0.1) is 5.02 Å². The number of nitrogen functional groups attached to an aromatic ring is 1. The van der Waals surface area contributed by atoms with Crippen LogP contribution in [0.2, 0.25) is 5.02 Å². The second-order valence-electron chi connectivity index (χ2n) is 3.79. The Bertz CT molecular complexity index is 622. The third kappa shape index (κ3) is 2.91. The molecule has 0 amide bonds. The number of nitrogens with two attached hydrogens (primary N) is 1. The number of aromatic nitrogens is 1. The summed E-state index contributed by atoms with van der Waals surface area (Å²) < 4.78 is 31.9. The quantitative estimate of drug-likeness (QED) is 0.670. The number of pyridine rings is 1. The van der Waals surface area contributed by atoms with Crippen LogP contribution in [-0.4, -0.2) is 4.98 Å². The normalized spacial score (nSPS) is 10.4. The largest absolute Gasteiger partial charge is 0.435 e. The molecule has 0 bridgehead atoms. The standard InChI is InChI=1S/C12H10ClF2N3O/c1-6-2-3-10(7(13)4-6)19-12-9(15)5-8(14)11(17-12)18-16/h2-5H,16H2,1H3,(H,17,18). The minimum atomic E-state index is -0.951. The van der Waals surface area contributed by atoms with Crippen molar-refractivity contribution in [3.8, 4) is 11.6 Å². The number of nitrogens with one attached hydrogen (secondary N) is 1. The third-order valence-electron chi connectivity index (χ3n) is 2.33. The fraction of sp³-hybridized carbons (Fsp3) is 0.0833. The Balaban J connectivity index is 2.37. The molecule has 0 fully saturated rings. The summed E-state index contributed by atoms with van der Waals surface area (Å²) in [5.41, 5.74) is 2.93. The predicted molar refractivity (Wildman–Crippen MR) is 68.2 cm³/mol. The first kappa shape index (κ1) is 13.5. The van der Waals surface area contributed by atoms with E-state index in [1.165, 1.54) is 0 Å². The Labute approximate surface area is 113 Å². The SMILES string of the molecule is Cc1ccc(Oc2nc(NN)c(F)cc2F)c(Cl)c1. The molecule has 0 atom stereocenters. The number of aryl methyl sites for hydroxylation is 1. The number of anilines is 1. The van der Waals surface area contributed by atoms with Gasteiger partial charge in [-0.3, -0.25) is 0 Å². The Morgan fingerprint density at radius 2 is 2.00 bits per heavy atom. The second-order valence-corrected chi connectivity index (χ2v) is 4.19. The molecule has 1 heterocycles. The molecule has 2 rings (SSSR count). The maximum atomic E-state index is 13.5. The first-order chi connectivity index (χ1) is 9.01. The van der Waals surface area contributed by atoms with E-state index in [1.807, 2.05) is 12.3 Å². The predicted octanol–water partition coefficient (Wildman–Crippen LogP) is 3.40. The highest BCUT2D eigenvalue weighted by molar-refractivity contribution is 6.32. The van der Waals surface area contributed by atoms with Crippen molar-refractivity contribution in [3.63, 3.8) is 0 Å². The smallest absolute Gasteiger partial charge is 0.258 e. The monoisotopic (exact) mass is 285 g/mol. The van der Waals surface area contributed by atoms with Crippen LogP contribution in [0.5, 0.6) is 11.6 Å². The summed E-state index contributed by atoms with van der Waals surface area (Å²) in [6, 6.07) is 5.59. The van der Waals surface area contributed by atoms with Gasteiger partial charge < -0.3 is 10.2 Å². The first-order valence-electron chi connectivity index (χ1n) is 5.28. The van der Waals surface area contributed by atoms with E-state index in [1.54, 1.807) is 18.2 Å². The molecule has 0 saturated carbocycles. The lowest BCUT2D eigenvalue weighted by Gasteiger charge is -2.10. The van der Waals surface area contributed by atoms with Gasteiger partial charge in [0, 0.05) is 6.07 Å². The van der Waals surface area contributed by atoms with Crippen molar-refractivity contribution in [3.05, 3.63) is 46.5 Å². The number of hydrazine groups is 1. The number of rotatable bonds is 3. The zero-order chi connectivity index (χ0) is 14.0. The van der Waals surface area contributed by atoms with Gasteiger partial charge >= 0.3 is 0 Å². The number of benzene rings is 1. The zero-order valence-corrected chi connectivity index (χ0v) is 10.6. The van der Waals surface area contributed by atoms with Crippen molar-refractivity contribution in [2.75, 3.05) is 5.43 Å². The van der Waals surface area contributed by atoms with Crippen LogP contribution in [0.3, 0.4) is 0 Å². The molecule has 2 aromatic rings. The van der Waals surface area contributed by atoms with Crippen molar-refractivity contribution in [1.29, 1.82) is 0 Å². The van der Waals surface area contributed by atoms with Crippen LogP contribution in [-0.2, 0) is 0 Å². The average molecular weight is 286 g/mol. The van der Waals surface area contributed by atoms with Gasteiger partial charge in [-0.25, -0.2) is 14.6 Å². The highest BCUT2D eigenvalue weighted by Crippen LogP contribution is 2.31. The zero-order valence-electron chi connectivity index (χ0n) is 9.88.